The van der Waals surface area contributed by atoms with E-state index < -0.39 is 0 Å². The van der Waals surface area contributed by atoms with E-state index in [1.807, 2.05) is 6.08 Å². The minimum Gasteiger partial charge on any atom is -0.368 e. The van der Waals surface area contributed by atoms with Crippen LogP contribution < -0.4 is 4.90 Å². The Morgan fingerprint density at radius 3 is 2.47 bits per heavy atom. The molecule has 0 spiro atoms. The van der Waals surface area contributed by atoms with Gasteiger partial charge in [-0.05, 0) is 11.5 Å². The third-order valence-electron chi connectivity index (χ3n) is 3.87. The summed E-state index contributed by atoms with van der Waals surface area (Å²) in [4.78, 5) is 4.95. The quantitative estimate of drug-likeness (QED) is 0.774. The molecule has 0 unspecified atom stereocenters. The van der Waals surface area contributed by atoms with Crippen LogP contribution in [-0.2, 0) is 0 Å². The summed E-state index contributed by atoms with van der Waals surface area (Å²) in [6, 6.07) is 15.2. The molecule has 1 heterocycles. The van der Waals surface area contributed by atoms with Crippen LogP contribution in [0.2, 0.25) is 0 Å². The molecule has 19 heavy (non-hydrogen) atoms. The number of hydrogen-bond donors (Lipinski definition) is 0. The zero-order valence-corrected chi connectivity index (χ0v) is 11.3. The average Bonchev–Trinajstić information content (AvgIpc) is 2.48. The monoisotopic (exact) mass is 252 g/mol. The number of rotatable bonds is 3. The van der Waals surface area contributed by atoms with Crippen LogP contribution in [-0.4, -0.2) is 37.6 Å². The first-order chi connectivity index (χ1) is 9.38. The molecular formula is C17H20N2. The van der Waals surface area contributed by atoms with Gasteiger partial charge in [-0.3, -0.25) is 4.90 Å². The van der Waals surface area contributed by atoms with Gasteiger partial charge in [0.05, 0.1) is 0 Å². The van der Waals surface area contributed by atoms with Gasteiger partial charge in [-0.2, -0.15) is 0 Å². The highest BCUT2D eigenvalue weighted by Gasteiger charge is 2.17. The predicted octanol–water partition coefficient (Wildman–Crippen LogP) is 3.15. The Bertz CT molecular complexity index is 563. The van der Waals surface area contributed by atoms with Gasteiger partial charge >= 0.3 is 0 Å². The lowest BCUT2D eigenvalue weighted by molar-refractivity contribution is 0.284. The van der Waals surface area contributed by atoms with Crippen LogP contribution in [0.4, 0.5) is 5.69 Å². The van der Waals surface area contributed by atoms with E-state index in [0.29, 0.717) is 0 Å². The highest BCUT2D eigenvalue weighted by atomic mass is 15.3. The Kier molecular flexibility index (Phi) is 3.51. The molecule has 2 aromatic carbocycles. The molecule has 3 rings (SSSR count). The van der Waals surface area contributed by atoms with Gasteiger partial charge in [-0.15, -0.1) is 6.58 Å². The molecule has 0 aromatic heterocycles. The smallest absolute Gasteiger partial charge is 0.0446 e. The van der Waals surface area contributed by atoms with E-state index in [1.54, 1.807) is 0 Å². The second kappa shape index (κ2) is 5.45. The number of anilines is 1. The van der Waals surface area contributed by atoms with Gasteiger partial charge < -0.3 is 4.90 Å². The first-order valence-electron chi connectivity index (χ1n) is 6.94. The third-order valence-corrected chi connectivity index (χ3v) is 3.87. The molecule has 1 saturated heterocycles. The van der Waals surface area contributed by atoms with Crippen LogP contribution in [0.5, 0.6) is 0 Å². The fourth-order valence-electron chi connectivity index (χ4n) is 2.84. The van der Waals surface area contributed by atoms with Gasteiger partial charge in [0.25, 0.3) is 0 Å². The van der Waals surface area contributed by atoms with E-state index in [1.165, 1.54) is 16.5 Å². The van der Waals surface area contributed by atoms with E-state index in [4.69, 9.17) is 0 Å². The van der Waals surface area contributed by atoms with Crippen molar-refractivity contribution in [1.29, 1.82) is 0 Å². The summed E-state index contributed by atoms with van der Waals surface area (Å²) < 4.78 is 0. The van der Waals surface area contributed by atoms with E-state index in [0.717, 1.165) is 32.7 Å². The molecule has 2 heteroatoms. The zero-order valence-electron chi connectivity index (χ0n) is 11.3. The van der Waals surface area contributed by atoms with Crippen LogP contribution in [0.1, 0.15) is 0 Å². The van der Waals surface area contributed by atoms with Crippen LogP contribution in [0.15, 0.2) is 55.1 Å². The van der Waals surface area contributed by atoms with Crippen LogP contribution >= 0.6 is 0 Å². The van der Waals surface area contributed by atoms with Crippen LogP contribution in [0.3, 0.4) is 0 Å². The zero-order chi connectivity index (χ0) is 13.1. The third kappa shape index (κ3) is 2.49. The molecule has 1 fully saturated rings. The van der Waals surface area contributed by atoms with Crippen LogP contribution in [0, 0.1) is 0 Å². The number of hydrogen-bond acceptors (Lipinski definition) is 2. The Hall–Kier alpha value is -1.80. The highest BCUT2D eigenvalue weighted by Crippen LogP contribution is 2.27. The topological polar surface area (TPSA) is 6.48 Å². The lowest BCUT2D eigenvalue weighted by Gasteiger charge is -2.36. The van der Waals surface area contributed by atoms with E-state index >= 15 is 0 Å². The maximum absolute atomic E-state index is 3.82. The summed E-state index contributed by atoms with van der Waals surface area (Å²) >= 11 is 0. The first kappa shape index (κ1) is 12.2. The lowest BCUT2D eigenvalue weighted by atomic mass is 10.1. The lowest BCUT2D eigenvalue weighted by Crippen LogP contribution is -2.46. The van der Waals surface area contributed by atoms with Crippen molar-refractivity contribution in [2.24, 2.45) is 0 Å². The largest absolute Gasteiger partial charge is 0.368 e. The standard InChI is InChI=1S/C17H20N2/c1-2-10-18-11-13-19(14-12-18)17-9-5-7-15-6-3-4-8-16(15)17/h2-9H,1,10-14H2. The first-order valence-corrected chi connectivity index (χ1v) is 6.94. The molecule has 0 aliphatic carbocycles. The molecule has 0 N–H and O–H groups in total. The Morgan fingerprint density at radius 2 is 1.68 bits per heavy atom. The molecule has 1 aliphatic heterocycles. The summed E-state index contributed by atoms with van der Waals surface area (Å²) in [5.74, 6) is 0. The normalized spacial score (nSPS) is 16.7. The van der Waals surface area contributed by atoms with Crippen LogP contribution in [0.25, 0.3) is 10.8 Å². The van der Waals surface area contributed by atoms with Gasteiger partial charge in [-0.1, -0.05) is 42.5 Å². The minimum atomic E-state index is 1.00. The Morgan fingerprint density at radius 1 is 0.947 bits per heavy atom. The molecule has 0 saturated carbocycles. The number of piperazine rings is 1. The second-order valence-electron chi connectivity index (χ2n) is 5.07. The summed E-state index contributed by atoms with van der Waals surface area (Å²) in [7, 11) is 0. The summed E-state index contributed by atoms with van der Waals surface area (Å²) in [5.41, 5.74) is 1.37. The molecule has 2 aromatic rings. The van der Waals surface area contributed by atoms with Crippen molar-refractivity contribution in [3.8, 4) is 0 Å². The van der Waals surface area contributed by atoms with Gasteiger partial charge in [0.15, 0.2) is 0 Å². The molecule has 98 valence electrons. The summed E-state index contributed by atoms with van der Waals surface area (Å²) in [6.07, 6.45) is 1.99. The summed E-state index contributed by atoms with van der Waals surface area (Å²) in [6.45, 7) is 9.26. The molecule has 1 aliphatic rings. The second-order valence-corrected chi connectivity index (χ2v) is 5.07. The van der Waals surface area contributed by atoms with E-state index in [9.17, 15) is 0 Å². The number of nitrogens with zero attached hydrogens (tertiary/aromatic N) is 2. The summed E-state index contributed by atoms with van der Waals surface area (Å²) in [5, 5.41) is 2.69. The van der Waals surface area contributed by atoms with Crippen molar-refractivity contribution in [3.05, 3.63) is 55.1 Å². The van der Waals surface area contributed by atoms with Gasteiger partial charge in [0, 0.05) is 43.8 Å². The van der Waals surface area contributed by atoms with Crippen molar-refractivity contribution >= 4 is 16.5 Å². The van der Waals surface area contributed by atoms with E-state index in [2.05, 4.69) is 58.8 Å². The van der Waals surface area contributed by atoms with Crippen molar-refractivity contribution in [2.45, 2.75) is 0 Å². The van der Waals surface area contributed by atoms with Crippen molar-refractivity contribution in [2.75, 3.05) is 37.6 Å². The van der Waals surface area contributed by atoms with Gasteiger partial charge in [0.2, 0.25) is 0 Å². The van der Waals surface area contributed by atoms with Gasteiger partial charge in [-0.25, -0.2) is 0 Å². The fourth-order valence-corrected chi connectivity index (χ4v) is 2.84. The average molecular weight is 252 g/mol. The molecule has 0 bridgehead atoms. The van der Waals surface area contributed by atoms with Gasteiger partial charge in [0.1, 0.15) is 0 Å². The predicted molar refractivity (Wildman–Crippen MR) is 82.8 cm³/mol. The SMILES string of the molecule is C=CCN1CCN(c2cccc3ccccc23)CC1. The molecule has 0 atom stereocenters. The molecular weight excluding hydrogens is 232 g/mol. The molecule has 2 nitrogen and oxygen atoms in total. The molecule has 0 radical (unpaired) electrons. The van der Waals surface area contributed by atoms with E-state index in [-0.39, 0.29) is 0 Å². The molecule has 0 amide bonds. The number of benzene rings is 2. The Labute approximate surface area is 114 Å². The van der Waals surface area contributed by atoms with Crippen molar-refractivity contribution in [1.82, 2.24) is 4.90 Å². The maximum atomic E-state index is 3.82. The minimum absolute atomic E-state index is 1.00. The highest BCUT2D eigenvalue weighted by molar-refractivity contribution is 5.94. The number of fused-ring (bicyclic) bond motifs is 1. The van der Waals surface area contributed by atoms with Crippen molar-refractivity contribution in [3.63, 3.8) is 0 Å². The Balaban J connectivity index is 1.84. The maximum Gasteiger partial charge on any atom is 0.0446 e. The van der Waals surface area contributed by atoms with Crippen molar-refractivity contribution < 1.29 is 0 Å². The fraction of sp³-hybridized carbons (Fsp3) is 0.294.